The van der Waals surface area contributed by atoms with Crippen LogP contribution in [0.5, 0.6) is 0 Å². The number of benzene rings is 2. The first-order valence-electron chi connectivity index (χ1n) is 7.88. The van der Waals surface area contributed by atoms with Crippen molar-refractivity contribution < 1.29 is 4.42 Å². The molecule has 24 heavy (non-hydrogen) atoms. The predicted octanol–water partition coefficient (Wildman–Crippen LogP) is 4.60. The summed E-state index contributed by atoms with van der Waals surface area (Å²) in [6.07, 6.45) is 3.53. The van der Waals surface area contributed by atoms with Gasteiger partial charge in [-0.25, -0.2) is 0 Å². The van der Waals surface area contributed by atoms with Gasteiger partial charge in [-0.3, -0.25) is 9.98 Å². The molecular formula is C21H16N2O. The van der Waals surface area contributed by atoms with E-state index in [1.165, 1.54) is 5.56 Å². The molecule has 0 saturated heterocycles. The van der Waals surface area contributed by atoms with Crippen LogP contribution in [0.25, 0.3) is 22.3 Å². The second kappa shape index (κ2) is 6.50. The summed E-state index contributed by atoms with van der Waals surface area (Å²) < 4.78 is 6.05. The maximum Gasteiger partial charge on any atom is 0.136 e. The van der Waals surface area contributed by atoms with Crippen molar-refractivity contribution in [3.63, 3.8) is 0 Å². The molecule has 0 amide bonds. The van der Waals surface area contributed by atoms with Gasteiger partial charge in [0.15, 0.2) is 0 Å². The highest BCUT2D eigenvalue weighted by atomic mass is 16.3. The van der Waals surface area contributed by atoms with Gasteiger partial charge in [-0.1, -0.05) is 42.5 Å². The first-order chi connectivity index (χ1) is 11.9. The number of hydrogen-bond donors (Lipinski definition) is 0. The highest BCUT2D eigenvalue weighted by Crippen LogP contribution is 2.21. The summed E-state index contributed by atoms with van der Waals surface area (Å²) >= 11 is 0. The molecule has 0 atom stereocenters. The molecule has 2 aromatic heterocycles. The molecule has 116 valence electrons. The summed E-state index contributed by atoms with van der Waals surface area (Å²) in [4.78, 5) is 8.88. The summed E-state index contributed by atoms with van der Waals surface area (Å²) in [5.41, 5.74) is 3.01. The third-order valence-corrected chi connectivity index (χ3v) is 3.89. The van der Waals surface area contributed by atoms with Crippen LogP contribution in [0.15, 0.2) is 94.6 Å². The number of hydrogen-bond acceptors (Lipinski definition) is 3. The fraction of sp³-hybridized carbons (Fsp3) is 0.0476. The van der Waals surface area contributed by atoms with E-state index in [1.807, 2.05) is 60.7 Å². The number of pyridine rings is 1. The summed E-state index contributed by atoms with van der Waals surface area (Å²) in [7, 11) is 0. The third-order valence-electron chi connectivity index (χ3n) is 3.89. The van der Waals surface area contributed by atoms with Gasteiger partial charge >= 0.3 is 0 Å². The molecule has 4 aromatic rings. The summed E-state index contributed by atoms with van der Waals surface area (Å²) in [6, 6.07) is 24.1. The van der Waals surface area contributed by atoms with E-state index in [9.17, 15) is 0 Å². The lowest BCUT2D eigenvalue weighted by atomic mass is 10.1. The van der Waals surface area contributed by atoms with E-state index in [0.717, 1.165) is 27.7 Å². The van der Waals surface area contributed by atoms with E-state index in [0.29, 0.717) is 6.54 Å². The molecule has 0 aliphatic carbocycles. The zero-order valence-electron chi connectivity index (χ0n) is 13.1. The molecule has 2 aromatic carbocycles. The van der Waals surface area contributed by atoms with Gasteiger partial charge in [0.25, 0.3) is 0 Å². The fourth-order valence-electron chi connectivity index (χ4n) is 2.67. The SMILES string of the molecule is c1ccc(CN=c2cc(-c3ccncc3)oc3ccccc23)cc1. The Kier molecular flexibility index (Phi) is 3.90. The van der Waals surface area contributed by atoms with Gasteiger partial charge in [-0.05, 0) is 29.8 Å². The van der Waals surface area contributed by atoms with Gasteiger partial charge in [-0.15, -0.1) is 0 Å². The Bertz CT molecular complexity index is 1020. The number of nitrogens with zero attached hydrogens (tertiary/aromatic N) is 2. The van der Waals surface area contributed by atoms with Gasteiger partial charge in [0.05, 0.1) is 11.9 Å². The topological polar surface area (TPSA) is 38.4 Å². The monoisotopic (exact) mass is 312 g/mol. The van der Waals surface area contributed by atoms with Crippen LogP contribution in [0, 0.1) is 0 Å². The Labute approximate surface area is 140 Å². The first kappa shape index (κ1) is 14.4. The van der Waals surface area contributed by atoms with Crippen molar-refractivity contribution in [1.29, 1.82) is 0 Å². The Morgan fingerprint density at radius 2 is 1.58 bits per heavy atom. The molecule has 0 spiro atoms. The van der Waals surface area contributed by atoms with Crippen molar-refractivity contribution in [3.05, 3.63) is 96.1 Å². The number of para-hydroxylation sites is 1. The maximum atomic E-state index is 6.05. The molecule has 0 unspecified atom stereocenters. The zero-order chi connectivity index (χ0) is 16.2. The Morgan fingerprint density at radius 1 is 0.833 bits per heavy atom. The third kappa shape index (κ3) is 2.97. The highest BCUT2D eigenvalue weighted by molar-refractivity contribution is 5.78. The molecule has 0 bridgehead atoms. The quantitative estimate of drug-likeness (QED) is 0.554. The average Bonchev–Trinajstić information content (AvgIpc) is 2.67. The predicted molar refractivity (Wildman–Crippen MR) is 95.2 cm³/mol. The lowest BCUT2D eigenvalue weighted by Crippen LogP contribution is -2.04. The van der Waals surface area contributed by atoms with Crippen molar-refractivity contribution in [2.24, 2.45) is 4.99 Å². The van der Waals surface area contributed by atoms with Crippen LogP contribution in [0.1, 0.15) is 5.56 Å². The smallest absolute Gasteiger partial charge is 0.136 e. The lowest BCUT2D eigenvalue weighted by molar-refractivity contribution is 0.618. The number of aromatic nitrogens is 1. The second-order valence-corrected chi connectivity index (χ2v) is 5.53. The minimum Gasteiger partial charge on any atom is -0.456 e. The van der Waals surface area contributed by atoms with Crippen molar-refractivity contribution in [2.75, 3.05) is 0 Å². The largest absolute Gasteiger partial charge is 0.456 e. The van der Waals surface area contributed by atoms with E-state index >= 15 is 0 Å². The maximum absolute atomic E-state index is 6.05. The molecule has 3 heteroatoms. The van der Waals surface area contributed by atoms with Crippen LogP contribution >= 0.6 is 0 Å². The second-order valence-electron chi connectivity index (χ2n) is 5.53. The van der Waals surface area contributed by atoms with E-state index < -0.39 is 0 Å². The Balaban J connectivity index is 1.87. The van der Waals surface area contributed by atoms with Crippen LogP contribution in [0.2, 0.25) is 0 Å². The van der Waals surface area contributed by atoms with E-state index in [2.05, 4.69) is 17.1 Å². The van der Waals surface area contributed by atoms with E-state index in [4.69, 9.17) is 9.41 Å². The summed E-state index contributed by atoms with van der Waals surface area (Å²) in [5, 5.41) is 1.96. The summed E-state index contributed by atoms with van der Waals surface area (Å²) in [6.45, 7) is 0.643. The molecule has 3 nitrogen and oxygen atoms in total. The molecule has 0 saturated carbocycles. The summed E-state index contributed by atoms with van der Waals surface area (Å²) in [5.74, 6) is 0.794. The standard InChI is InChI=1S/C21H16N2O/c1-2-6-16(7-3-1)15-23-19-14-21(17-10-12-22-13-11-17)24-20-9-5-4-8-18(19)20/h1-14H,15H2. The van der Waals surface area contributed by atoms with Gasteiger partial charge in [0.1, 0.15) is 11.3 Å². The first-order valence-corrected chi connectivity index (χ1v) is 7.88. The zero-order valence-corrected chi connectivity index (χ0v) is 13.1. The highest BCUT2D eigenvalue weighted by Gasteiger charge is 2.05. The Hall–Kier alpha value is -3.20. The number of rotatable bonds is 3. The van der Waals surface area contributed by atoms with Crippen LogP contribution in [-0.4, -0.2) is 4.98 Å². The normalized spacial score (nSPS) is 11.8. The van der Waals surface area contributed by atoms with Crippen LogP contribution in [0.3, 0.4) is 0 Å². The van der Waals surface area contributed by atoms with Crippen LogP contribution < -0.4 is 5.36 Å². The Morgan fingerprint density at radius 3 is 2.42 bits per heavy atom. The molecule has 0 N–H and O–H groups in total. The van der Waals surface area contributed by atoms with Crippen molar-refractivity contribution >= 4 is 11.0 Å². The molecule has 0 aliphatic rings. The van der Waals surface area contributed by atoms with Crippen molar-refractivity contribution in [1.82, 2.24) is 4.98 Å². The fourth-order valence-corrected chi connectivity index (χ4v) is 2.67. The van der Waals surface area contributed by atoms with E-state index in [1.54, 1.807) is 12.4 Å². The van der Waals surface area contributed by atoms with Crippen LogP contribution in [-0.2, 0) is 6.54 Å². The molecule has 0 fully saturated rings. The minimum absolute atomic E-state index is 0.643. The van der Waals surface area contributed by atoms with Gasteiger partial charge in [-0.2, -0.15) is 0 Å². The molecular weight excluding hydrogens is 296 g/mol. The minimum atomic E-state index is 0.643. The van der Waals surface area contributed by atoms with Crippen LogP contribution in [0.4, 0.5) is 0 Å². The van der Waals surface area contributed by atoms with Crippen molar-refractivity contribution in [2.45, 2.75) is 6.54 Å². The molecule has 2 heterocycles. The van der Waals surface area contributed by atoms with Gasteiger partial charge < -0.3 is 4.42 Å². The molecule has 0 aliphatic heterocycles. The number of fused-ring (bicyclic) bond motifs is 1. The van der Waals surface area contributed by atoms with Crippen molar-refractivity contribution in [3.8, 4) is 11.3 Å². The van der Waals surface area contributed by atoms with Gasteiger partial charge in [0, 0.05) is 29.4 Å². The van der Waals surface area contributed by atoms with Gasteiger partial charge in [0.2, 0.25) is 0 Å². The molecule has 0 radical (unpaired) electrons. The lowest BCUT2D eigenvalue weighted by Gasteiger charge is -2.05. The average molecular weight is 312 g/mol. The van der Waals surface area contributed by atoms with E-state index in [-0.39, 0.29) is 0 Å². The molecule has 4 rings (SSSR count).